The maximum absolute atomic E-state index is 13.9. The maximum atomic E-state index is 13.9. The van der Waals surface area contributed by atoms with Gasteiger partial charge in [-0.3, -0.25) is 9.78 Å². The molecule has 0 saturated heterocycles. The van der Waals surface area contributed by atoms with E-state index in [-0.39, 0.29) is 17.8 Å². The number of hydrogen-bond acceptors (Lipinski definition) is 4. The lowest BCUT2D eigenvalue weighted by molar-refractivity contribution is 0.0669. The van der Waals surface area contributed by atoms with Crippen LogP contribution in [0.4, 0.5) is 4.39 Å². The number of imidazole rings is 1. The number of aryl methyl sites for hydroxylation is 2. The average Bonchev–Trinajstić information content (AvgIpc) is 3.28. The number of nitrogens with zero attached hydrogens (tertiary/aromatic N) is 4. The van der Waals surface area contributed by atoms with Crippen molar-refractivity contribution in [2.75, 3.05) is 13.7 Å². The van der Waals surface area contributed by atoms with E-state index in [1.807, 2.05) is 50.1 Å². The summed E-state index contributed by atoms with van der Waals surface area (Å²) in [7, 11) is 1.62. The van der Waals surface area contributed by atoms with E-state index in [2.05, 4.69) is 20.6 Å². The van der Waals surface area contributed by atoms with Crippen LogP contribution in [0, 0.1) is 19.7 Å². The molecule has 0 aliphatic carbocycles. The molecule has 5 rings (SSSR count). The lowest BCUT2D eigenvalue weighted by atomic mass is 9.86. The molecule has 1 amide bonds. The van der Waals surface area contributed by atoms with Crippen LogP contribution >= 0.6 is 0 Å². The van der Waals surface area contributed by atoms with Gasteiger partial charge in [0.05, 0.1) is 18.8 Å². The van der Waals surface area contributed by atoms with Crippen molar-refractivity contribution < 1.29 is 13.9 Å². The quantitative estimate of drug-likeness (QED) is 0.362. The van der Waals surface area contributed by atoms with E-state index >= 15 is 0 Å². The summed E-state index contributed by atoms with van der Waals surface area (Å²) in [6, 6.07) is 12.4. The van der Waals surface area contributed by atoms with Gasteiger partial charge in [0.25, 0.3) is 5.91 Å². The standard InChI is InChI=1S/C29H29FN4O2/c1-18-13-22(30)5-6-24(18)26-14-21(17-33-12-10-31-20(33)3)15-27-25(26)8-11-34(29(27)35)19(2)28-16-23(36-4)7-9-32-28/h5-7,9-10,12-16,19H,8,11,17H2,1-4H3/t19-/m0/s1. The smallest absolute Gasteiger partial charge is 0.254 e. The molecule has 1 atom stereocenters. The minimum atomic E-state index is -0.267. The van der Waals surface area contributed by atoms with Crippen LogP contribution in [0.1, 0.15) is 51.5 Å². The molecular weight excluding hydrogens is 455 g/mol. The van der Waals surface area contributed by atoms with E-state index in [0.717, 1.165) is 39.3 Å². The number of rotatable bonds is 6. The molecule has 0 N–H and O–H groups in total. The Morgan fingerprint density at radius 1 is 1.03 bits per heavy atom. The molecule has 7 heteroatoms. The number of carbonyl (C=O) groups is 1. The number of fused-ring (bicyclic) bond motifs is 1. The first-order valence-electron chi connectivity index (χ1n) is 12.1. The van der Waals surface area contributed by atoms with Crippen LogP contribution in [0.15, 0.2) is 61.1 Å². The molecule has 0 fully saturated rings. The predicted molar refractivity (Wildman–Crippen MR) is 137 cm³/mol. The summed E-state index contributed by atoms with van der Waals surface area (Å²) in [5.74, 6) is 1.32. The number of pyridine rings is 1. The van der Waals surface area contributed by atoms with E-state index in [1.54, 1.807) is 31.6 Å². The fraction of sp³-hybridized carbons (Fsp3) is 0.276. The third-order valence-electron chi connectivity index (χ3n) is 7.04. The maximum Gasteiger partial charge on any atom is 0.254 e. The van der Waals surface area contributed by atoms with Gasteiger partial charge < -0.3 is 14.2 Å². The van der Waals surface area contributed by atoms with Crippen molar-refractivity contribution in [1.82, 2.24) is 19.4 Å². The Kier molecular flexibility index (Phi) is 6.31. The first-order chi connectivity index (χ1) is 17.4. The lowest BCUT2D eigenvalue weighted by Crippen LogP contribution is -2.40. The number of amides is 1. The monoisotopic (exact) mass is 484 g/mol. The van der Waals surface area contributed by atoms with Gasteiger partial charge in [0, 0.05) is 43.3 Å². The van der Waals surface area contributed by atoms with Crippen molar-refractivity contribution in [2.45, 2.75) is 39.8 Å². The summed E-state index contributed by atoms with van der Waals surface area (Å²) in [5.41, 5.74) is 6.24. The molecule has 4 aromatic rings. The number of methoxy groups -OCH3 is 1. The molecule has 1 aliphatic heterocycles. The van der Waals surface area contributed by atoms with Crippen LogP contribution in [0.2, 0.25) is 0 Å². The number of carbonyl (C=O) groups excluding carboxylic acids is 1. The van der Waals surface area contributed by atoms with Crippen LogP contribution in [0.5, 0.6) is 5.75 Å². The van der Waals surface area contributed by atoms with Crippen LogP contribution in [-0.2, 0) is 13.0 Å². The van der Waals surface area contributed by atoms with Crippen LogP contribution in [0.3, 0.4) is 0 Å². The van der Waals surface area contributed by atoms with Gasteiger partial charge in [0.1, 0.15) is 17.4 Å². The average molecular weight is 485 g/mol. The Hall–Kier alpha value is -4.00. The second-order valence-electron chi connectivity index (χ2n) is 9.28. The largest absolute Gasteiger partial charge is 0.497 e. The topological polar surface area (TPSA) is 60.2 Å². The fourth-order valence-electron chi connectivity index (χ4n) is 5.02. The lowest BCUT2D eigenvalue weighted by Gasteiger charge is -2.35. The first-order valence-corrected chi connectivity index (χ1v) is 12.1. The van der Waals surface area contributed by atoms with Gasteiger partial charge in [-0.05, 0) is 85.3 Å². The van der Waals surface area contributed by atoms with Crippen LogP contribution < -0.4 is 4.74 Å². The Balaban J connectivity index is 1.59. The molecule has 6 nitrogen and oxygen atoms in total. The van der Waals surface area contributed by atoms with Crippen molar-refractivity contribution in [3.8, 4) is 16.9 Å². The van der Waals surface area contributed by atoms with Crippen molar-refractivity contribution in [3.05, 3.63) is 101 Å². The third kappa shape index (κ3) is 4.37. The molecule has 0 radical (unpaired) electrons. The molecule has 3 heterocycles. The highest BCUT2D eigenvalue weighted by Gasteiger charge is 2.31. The molecule has 0 spiro atoms. The van der Waals surface area contributed by atoms with Gasteiger partial charge in [-0.15, -0.1) is 0 Å². The molecule has 2 aromatic carbocycles. The van der Waals surface area contributed by atoms with Gasteiger partial charge in [-0.2, -0.15) is 0 Å². The Labute approximate surface area is 210 Å². The summed E-state index contributed by atoms with van der Waals surface area (Å²) < 4.78 is 21.3. The summed E-state index contributed by atoms with van der Waals surface area (Å²) in [6.07, 6.45) is 6.11. The number of aromatic nitrogens is 3. The number of benzene rings is 2. The summed E-state index contributed by atoms with van der Waals surface area (Å²) in [5, 5.41) is 0. The highest BCUT2D eigenvalue weighted by atomic mass is 19.1. The van der Waals surface area contributed by atoms with Crippen molar-refractivity contribution >= 4 is 5.91 Å². The Morgan fingerprint density at radius 2 is 1.83 bits per heavy atom. The van der Waals surface area contributed by atoms with Gasteiger partial charge in [-0.1, -0.05) is 6.07 Å². The second-order valence-corrected chi connectivity index (χ2v) is 9.28. The van der Waals surface area contributed by atoms with E-state index in [9.17, 15) is 9.18 Å². The van der Waals surface area contributed by atoms with Crippen molar-refractivity contribution in [1.29, 1.82) is 0 Å². The third-order valence-corrected chi connectivity index (χ3v) is 7.04. The van der Waals surface area contributed by atoms with E-state index in [1.165, 1.54) is 6.07 Å². The zero-order valence-corrected chi connectivity index (χ0v) is 21.0. The SMILES string of the molecule is COc1ccnc([C@H](C)N2CCc3c(cc(Cn4ccnc4C)cc3-c3ccc(F)cc3C)C2=O)c1. The normalized spacial score (nSPS) is 14.0. The predicted octanol–water partition coefficient (Wildman–Crippen LogP) is 5.52. The van der Waals surface area contributed by atoms with Crippen molar-refractivity contribution in [3.63, 3.8) is 0 Å². The zero-order chi connectivity index (χ0) is 25.4. The van der Waals surface area contributed by atoms with Gasteiger partial charge >= 0.3 is 0 Å². The van der Waals surface area contributed by atoms with Gasteiger partial charge in [-0.25, -0.2) is 9.37 Å². The molecule has 0 unspecified atom stereocenters. The number of halogens is 1. The summed E-state index contributed by atoms with van der Waals surface area (Å²) in [6.45, 7) is 7.02. The second kappa shape index (κ2) is 9.57. The Morgan fingerprint density at radius 3 is 2.56 bits per heavy atom. The summed E-state index contributed by atoms with van der Waals surface area (Å²) in [4.78, 5) is 24.6. The molecule has 184 valence electrons. The van der Waals surface area contributed by atoms with E-state index in [4.69, 9.17) is 4.74 Å². The molecule has 0 bridgehead atoms. The Bertz CT molecular complexity index is 1450. The fourth-order valence-corrected chi connectivity index (χ4v) is 5.02. The minimum absolute atomic E-state index is 0.0291. The molecular formula is C29H29FN4O2. The van der Waals surface area contributed by atoms with Gasteiger partial charge in [0.15, 0.2) is 0 Å². The van der Waals surface area contributed by atoms with E-state index in [0.29, 0.717) is 30.8 Å². The van der Waals surface area contributed by atoms with Crippen molar-refractivity contribution in [2.24, 2.45) is 0 Å². The first kappa shape index (κ1) is 23.7. The minimum Gasteiger partial charge on any atom is -0.497 e. The molecule has 1 aliphatic rings. The highest BCUT2D eigenvalue weighted by molar-refractivity contribution is 5.99. The highest BCUT2D eigenvalue weighted by Crippen LogP contribution is 2.36. The number of ether oxygens (including phenoxy) is 1. The van der Waals surface area contributed by atoms with Gasteiger partial charge in [0.2, 0.25) is 0 Å². The molecule has 36 heavy (non-hydrogen) atoms. The summed E-state index contributed by atoms with van der Waals surface area (Å²) >= 11 is 0. The zero-order valence-electron chi connectivity index (χ0n) is 21.0. The molecule has 0 saturated carbocycles. The molecule has 2 aromatic heterocycles. The van der Waals surface area contributed by atoms with Crippen LogP contribution in [0.25, 0.3) is 11.1 Å². The van der Waals surface area contributed by atoms with E-state index < -0.39 is 0 Å². The number of hydrogen-bond donors (Lipinski definition) is 0. The van der Waals surface area contributed by atoms with Crippen LogP contribution in [-0.4, -0.2) is 39.0 Å².